The highest BCUT2D eigenvalue weighted by Gasteiger charge is 2.42. The average Bonchev–Trinajstić information content (AvgIpc) is 3.23. The highest BCUT2D eigenvalue weighted by Crippen LogP contribution is 2.09. The van der Waals surface area contributed by atoms with Crippen molar-refractivity contribution < 1.29 is 26.6 Å². The van der Waals surface area contributed by atoms with Crippen LogP contribution in [0.15, 0.2) is 182 Å². The van der Waals surface area contributed by atoms with E-state index in [0.29, 0.717) is 0 Å². The lowest BCUT2D eigenvalue weighted by Crippen LogP contribution is -2.68. The molecule has 0 aliphatic rings. The summed E-state index contributed by atoms with van der Waals surface area (Å²) in [4.78, 5) is 0. The van der Waals surface area contributed by atoms with Crippen molar-refractivity contribution in [2.75, 3.05) is 42.7 Å². The Morgan fingerprint density at radius 2 is 0.490 bits per heavy atom. The van der Waals surface area contributed by atoms with Crippen molar-refractivity contribution in [3.8, 4) is 0 Å². The molecule has 9 heteroatoms. The molecule has 0 N–H and O–H groups in total. The van der Waals surface area contributed by atoms with Crippen molar-refractivity contribution in [3.05, 3.63) is 182 Å². The molecule has 0 bridgehead atoms. The highest BCUT2D eigenvalue weighted by atomic mass is 28.4. The van der Waals surface area contributed by atoms with Gasteiger partial charge in [-0.2, -0.15) is 0 Å². The molecule has 6 rings (SSSR count). The van der Waals surface area contributed by atoms with Gasteiger partial charge in [0, 0.05) is 47.8 Å². The molecule has 264 valence electrons. The van der Waals surface area contributed by atoms with Crippen LogP contribution in [0.1, 0.15) is 0 Å². The van der Waals surface area contributed by atoms with Gasteiger partial charge in [0.25, 0.3) is 8.32 Å². The van der Waals surface area contributed by atoms with Crippen molar-refractivity contribution in [1.82, 2.24) is 0 Å². The number of benzene rings is 6. The van der Waals surface area contributed by atoms with Gasteiger partial charge in [-0.15, -0.1) is 0 Å². The lowest BCUT2D eigenvalue weighted by molar-refractivity contribution is 0.140. The summed E-state index contributed by atoms with van der Waals surface area (Å²) in [5, 5.41) is 7.02. The third-order valence-corrected chi connectivity index (χ3v) is 18.7. The van der Waals surface area contributed by atoms with Gasteiger partial charge in [0.1, 0.15) is 0 Å². The minimum absolute atomic E-state index is 0.975. The maximum Gasteiger partial charge on any atom is 0.536 e. The van der Waals surface area contributed by atoms with Crippen LogP contribution in [0.5, 0.6) is 0 Å². The Hall–Kier alpha value is -4.27. The number of hydrogen-bond donors (Lipinski definition) is 0. The number of hydrogen-bond acceptors (Lipinski definition) is 6. The predicted molar refractivity (Wildman–Crippen MR) is 216 cm³/mol. The molecule has 0 aliphatic carbocycles. The van der Waals surface area contributed by atoms with E-state index in [1.807, 2.05) is 92.0 Å². The Morgan fingerprint density at radius 3 is 0.706 bits per heavy atom. The molecule has 0 aromatic heterocycles. The van der Waals surface area contributed by atoms with Gasteiger partial charge >= 0.3 is 17.4 Å². The van der Waals surface area contributed by atoms with E-state index in [-0.39, 0.29) is 0 Å². The van der Waals surface area contributed by atoms with E-state index in [4.69, 9.17) is 26.6 Å². The summed E-state index contributed by atoms with van der Waals surface area (Å²) in [7, 11) is 2.59. The van der Waals surface area contributed by atoms with Crippen molar-refractivity contribution in [3.63, 3.8) is 0 Å². The van der Waals surface area contributed by atoms with E-state index in [0.717, 1.165) is 15.6 Å². The molecule has 0 amide bonds. The Balaban J connectivity index is 0.000000177. The van der Waals surface area contributed by atoms with Gasteiger partial charge in [-0.05, 0) is 25.9 Å². The summed E-state index contributed by atoms with van der Waals surface area (Å²) in [6, 6.07) is 61.7. The van der Waals surface area contributed by atoms with Crippen molar-refractivity contribution in [2.45, 2.75) is 0 Å². The van der Waals surface area contributed by atoms with Gasteiger partial charge in [0.05, 0.1) is 0 Å². The molecule has 0 saturated carbocycles. The monoisotopic (exact) mass is 732 g/mol. The first-order valence-electron chi connectivity index (χ1n) is 16.6. The Labute approximate surface area is 306 Å². The van der Waals surface area contributed by atoms with Gasteiger partial charge in [-0.1, -0.05) is 182 Å². The fraction of sp³-hybridized carbons (Fsp3) is 0.143. The zero-order valence-electron chi connectivity index (χ0n) is 30.3. The van der Waals surface area contributed by atoms with Crippen LogP contribution in [0.3, 0.4) is 0 Å². The molecule has 51 heavy (non-hydrogen) atoms. The predicted octanol–water partition coefficient (Wildman–Crippen LogP) is 4.61. The summed E-state index contributed by atoms with van der Waals surface area (Å²) in [6.45, 7) is 0. The summed E-state index contributed by atoms with van der Waals surface area (Å²) >= 11 is 0. The van der Waals surface area contributed by atoms with E-state index in [1.165, 1.54) is 15.6 Å². The molecule has 0 radical (unpaired) electrons. The Morgan fingerprint density at radius 1 is 0.255 bits per heavy atom. The first-order chi connectivity index (χ1) is 25.0. The molecule has 0 atom stereocenters. The molecule has 6 aromatic carbocycles. The van der Waals surface area contributed by atoms with Crippen molar-refractivity contribution in [2.24, 2.45) is 0 Å². The van der Waals surface area contributed by atoms with Crippen molar-refractivity contribution >= 4 is 56.8 Å². The second kappa shape index (κ2) is 19.9. The molecule has 0 spiro atoms. The van der Waals surface area contributed by atoms with Crippen LogP contribution in [0.4, 0.5) is 0 Å². The van der Waals surface area contributed by atoms with Crippen LogP contribution in [-0.2, 0) is 26.6 Å². The molecular formula is C42H48O6Si3. The summed E-state index contributed by atoms with van der Waals surface area (Å²) in [6.07, 6.45) is 0. The normalized spacial score (nSPS) is 11.4. The largest absolute Gasteiger partial charge is 0.536 e. The van der Waals surface area contributed by atoms with Crippen LogP contribution in [0.2, 0.25) is 0 Å². The van der Waals surface area contributed by atoms with Crippen LogP contribution < -0.4 is 31.1 Å². The Bertz CT molecular complexity index is 1650. The second-order valence-electron chi connectivity index (χ2n) is 11.3. The maximum atomic E-state index is 6.24. The molecule has 0 unspecified atom stereocenters. The standard InChI is InChI=1S/C19H18OSi.C14H16O2Si.C9H14O3Si/c1-20-21(17-11-5-2-6-12-17,18-13-7-3-8-14-18)19-15-9-4-10-16-19;1-15-17(16-2,13-9-5-3-6-10-13)14-11-7-4-8-12-14;1-10-13(11-2,12-3)9-7-5-4-6-8-9/h2-16H,1H3;3-12H,1-2H3;4-8H,1-3H3. The zero-order chi connectivity index (χ0) is 36.4. The quantitative estimate of drug-likeness (QED) is 0.136. The SMILES string of the molecule is CO[Si](OC)(OC)c1ccccc1.CO[Si](OC)(c1ccccc1)c1ccccc1.CO[Si](c1ccccc1)(c1ccccc1)c1ccccc1. The maximum absolute atomic E-state index is 6.24. The van der Waals surface area contributed by atoms with Gasteiger partial charge in [0.2, 0.25) is 0 Å². The summed E-state index contributed by atoms with van der Waals surface area (Å²) in [5.41, 5.74) is 0. The van der Waals surface area contributed by atoms with Crippen molar-refractivity contribution in [1.29, 1.82) is 0 Å². The highest BCUT2D eigenvalue weighted by molar-refractivity contribution is 7.07. The minimum atomic E-state index is -2.59. The lowest BCUT2D eigenvalue weighted by Gasteiger charge is -2.31. The zero-order valence-corrected chi connectivity index (χ0v) is 33.3. The molecule has 0 heterocycles. The van der Waals surface area contributed by atoms with E-state index >= 15 is 0 Å². The van der Waals surface area contributed by atoms with Gasteiger partial charge in [-0.3, -0.25) is 0 Å². The Kier molecular flexibility index (Phi) is 15.5. The summed E-state index contributed by atoms with van der Waals surface area (Å²) < 4.78 is 33.7. The molecule has 0 aliphatic heterocycles. The molecule has 6 aromatic rings. The first-order valence-corrected chi connectivity index (χ1v) is 22.1. The fourth-order valence-corrected chi connectivity index (χ4v) is 14.4. The van der Waals surface area contributed by atoms with E-state index < -0.39 is 25.7 Å². The molecule has 6 nitrogen and oxygen atoms in total. The topological polar surface area (TPSA) is 55.4 Å². The van der Waals surface area contributed by atoms with Gasteiger partial charge in [0.15, 0.2) is 0 Å². The third-order valence-electron chi connectivity index (χ3n) is 8.66. The van der Waals surface area contributed by atoms with Crippen LogP contribution >= 0.6 is 0 Å². The van der Waals surface area contributed by atoms with Crippen LogP contribution in [0.25, 0.3) is 0 Å². The van der Waals surface area contributed by atoms with E-state index in [1.54, 1.807) is 35.5 Å². The van der Waals surface area contributed by atoms with Gasteiger partial charge < -0.3 is 26.6 Å². The molecule has 0 saturated heterocycles. The first kappa shape index (κ1) is 39.5. The van der Waals surface area contributed by atoms with Crippen LogP contribution in [-0.4, -0.2) is 68.3 Å². The summed E-state index contributed by atoms with van der Waals surface area (Å²) in [5.74, 6) is 0. The smallest absolute Gasteiger partial charge is 0.408 e. The molecule has 0 fully saturated rings. The lowest BCUT2D eigenvalue weighted by atomic mass is 10.3. The van der Waals surface area contributed by atoms with E-state index in [2.05, 4.69) is 97.1 Å². The minimum Gasteiger partial charge on any atom is -0.408 e. The van der Waals surface area contributed by atoms with E-state index in [9.17, 15) is 0 Å². The fourth-order valence-electron chi connectivity index (χ4n) is 6.15. The average molecular weight is 733 g/mol. The third kappa shape index (κ3) is 9.16. The van der Waals surface area contributed by atoms with Crippen LogP contribution in [0, 0.1) is 0 Å². The van der Waals surface area contributed by atoms with Gasteiger partial charge in [-0.25, -0.2) is 0 Å². The number of rotatable bonds is 12. The second-order valence-corrected chi connectivity index (χ2v) is 20.9. The molecular weight excluding hydrogens is 685 g/mol.